The smallest absolute Gasteiger partial charge is 0.292 e. The van der Waals surface area contributed by atoms with Crippen LogP contribution in [0.4, 0.5) is 0 Å². The Kier molecular flexibility index (Phi) is 6.08. The topological polar surface area (TPSA) is 35.5 Å². The molecule has 1 aromatic rings. The van der Waals surface area contributed by atoms with Crippen molar-refractivity contribution in [3.8, 4) is 0 Å². The Hall–Kier alpha value is -1.35. The molecule has 3 nitrogen and oxygen atoms in total. The zero-order chi connectivity index (χ0) is 17.9. The molecule has 1 aliphatic rings. The van der Waals surface area contributed by atoms with Crippen LogP contribution in [-0.4, -0.2) is 5.97 Å². The lowest BCUT2D eigenvalue weighted by Crippen LogP contribution is -2.28. The third kappa shape index (κ3) is 4.83. The molecular formula is C21H31O3. The second kappa shape index (κ2) is 7.69. The molecule has 0 heterocycles. The Morgan fingerprint density at radius 1 is 1.12 bits per heavy atom. The Balaban J connectivity index is 1.96. The summed E-state index contributed by atoms with van der Waals surface area (Å²) in [5.74, 6) is 1.03. The van der Waals surface area contributed by atoms with Gasteiger partial charge in [0, 0.05) is 0 Å². The van der Waals surface area contributed by atoms with E-state index in [1.807, 2.05) is 12.1 Å². The summed E-state index contributed by atoms with van der Waals surface area (Å²) >= 11 is 0. The summed E-state index contributed by atoms with van der Waals surface area (Å²) in [7, 11) is 0. The molecule has 0 saturated heterocycles. The standard InChI is InChI=1S/C21H31O3/c1-14(2)18-12-7-15(3)13-19(18)23-24-20(22)16-8-10-17(11-9-16)21(4,5)6/h8-11,14-15,18H,7,12-13H2,1-6H3. The highest BCUT2D eigenvalue weighted by Crippen LogP contribution is 2.40. The van der Waals surface area contributed by atoms with Gasteiger partial charge in [0.1, 0.15) is 0 Å². The maximum atomic E-state index is 12.2. The van der Waals surface area contributed by atoms with E-state index in [9.17, 15) is 4.79 Å². The van der Waals surface area contributed by atoms with Gasteiger partial charge in [-0.05, 0) is 53.7 Å². The number of hydrogen-bond donors (Lipinski definition) is 0. The van der Waals surface area contributed by atoms with Crippen LogP contribution in [0.25, 0.3) is 0 Å². The van der Waals surface area contributed by atoms with Crippen molar-refractivity contribution in [2.45, 2.75) is 66.2 Å². The summed E-state index contributed by atoms with van der Waals surface area (Å²) in [4.78, 5) is 22.9. The van der Waals surface area contributed by atoms with E-state index in [1.54, 1.807) is 12.1 Å². The van der Waals surface area contributed by atoms with Crippen molar-refractivity contribution < 1.29 is 14.6 Å². The predicted octanol–water partition coefficient (Wildman–Crippen LogP) is 5.70. The minimum absolute atomic E-state index is 0.0670. The molecule has 1 aromatic carbocycles. The molecule has 1 radical (unpaired) electrons. The summed E-state index contributed by atoms with van der Waals surface area (Å²) in [5.41, 5.74) is 1.78. The van der Waals surface area contributed by atoms with Gasteiger partial charge in [0.2, 0.25) is 0 Å². The quantitative estimate of drug-likeness (QED) is 0.524. The first-order valence-electron chi connectivity index (χ1n) is 9.03. The van der Waals surface area contributed by atoms with Crippen LogP contribution in [0.15, 0.2) is 24.3 Å². The fourth-order valence-electron chi connectivity index (χ4n) is 3.27. The summed E-state index contributed by atoms with van der Waals surface area (Å²) in [6.07, 6.45) is 4.10. The number of rotatable bonds is 4. The molecule has 1 fully saturated rings. The van der Waals surface area contributed by atoms with E-state index in [-0.39, 0.29) is 5.41 Å². The number of carbonyl (C=O) groups excluding carboxylic acids is 1. The Morgan fingerprint density at radius 2 is 1.75 bits per heavy atom. The largest absolute Gasteiger partial charge is 0.373 e. The van der Waals surface area contributed by atoms with Gasteiger partial charge in [-0.1, -0.05) is 60.1 Å². The minimum atomic E-state index is -0.427. The fourth-order valence-corrected chi connectivity index (χ4v) is 3.27. The zero-order valence-corrected chi connectivity index (χ0v) is 15.9. The maximum absolute atomic E-state index is 12.2. The lowest BCUT2D eigenvalue weighted by Gasteiger charge is -2.34. The van der Waals surface area contributed by atoms with Crippen molar-refractivity contribution >= 4 is 5.97 Å². The van der Waals surface area contributed by atoms with Crippen LogP contribution in [0.2, 0.25) is 0 Å². The van der Waals surface area contributed by atoms with Crippen molar-refractivity contribution in [1.82, 2.24) is 0 Å². The lowest BCUT2D eigenvalue weighted by molar-refractivity contribution is -0.251. The van der Waals surface area contributed by atoms with Gasteiger partial charge in [0.05, 0.1) is 5.56 Å². The third-order valence-corrected chi connectivity index (χ3v) is 4.95. The molecule has 0 bridgehead atoms. The summed E-state index contributed by atoms with van der Waals surface area (Å²) < 4.78 is 0. The average Bonchev–Trinajstić information content (AvgIpc) is 2.51. The minimum Gasteiger partial charge on any atom is -0.292 e. The van der Waals surface area contributed by atoms with E-state index in [0.717, 1.165) is 18.9 Å². The maximum Gasteiger partial charge on any atom is 0.373 e. The summed E-state index contributed by atoms with van der Waals surface area (Å²) in [6, 6.07) is 7.56. The van der Waals surface area contributed by atoms with Gasteiger partial charge in [-0.25, -0.2) is 4.79 Å². The third-order valence-electron chi connectivity index (χ3n) is 4.95. The van der Waals surface area contributed by atoms with Crippen LogP contribution < -0.4 is 0 Å². The van der Waals surface area contributed by atoms with Crippen molar-refractivity contribution in [2.24, 2.45) is 17.8 Å². The highest BCUT2D eigenvalue weighted by molar-refractivity contribution is 5.89. The molecule has 2 rings (SSSR count). The first kappa shape index (κ1) is 19.0. The first-order valence-corrected chi connectivity index (χ1v) is 9.03. The SMILES string of the molecule is CC1CCC(C(C)C)[C](OOC(=O)c2ccc(C(C)(C)C)cc2)C1. The van der Waals surface area contributed by atoms with Gasteiger partial charge in [0.15, 0.2) is 6.10 Å². The van der Waals surface area contributed by atoms with Crippen molar-refractivity contribution in [1.29, 1.82) is 0 Å². The second-order valence-electron chi connectivity index (χ2n) is 8.48. The average molecular weight is 331 g/mol. The van der Waals surface area contributed by atoms with Crippen LogP contribution in [0.5, 0.6) is 0 Å². The predicted molar refractivity (Wildman–Crippen MR) is 96.2 cm³/mol. The number of benzene rings is 1. The van der Waals surface area contributed by atoms with Crippen molar-refractivity contribution in [3.63, 3.8) is 0 Å². The molecule has 133 valence electrons. The van der Waals surface area contributed by atoms with E-state index in [0.29, 0.717) is 23.3 Å². The van der Waals surface area contributed by atoms with Gasteiger partial charge < -0.3 is 0 Å². The Labute approximate surface area is 146 Å². The molecule has 1 aliphatic carbocycles. The van der Waals surface area contributed by atoms with Gasteiger partial charge in [-0.2, -0.15) is 4.89 Å². The van der Waals surface area contributed by atoms with E-state index in [4.69, 9.17) is 9.78 Å². The van der Waals surface area contributed by atoms with E-state index >= 15 is 0 Å². The highest BCUT2D eigenvalue weighted by atomic mass is 17.2. The molecule has 0 aromatic heterocycles. The highest BCUT2D eigenvalue weighted by Gasteiger charge is 2.34. The van der Waals surface area contributed by atoms with Gasteiger partial charge in [0.25, 0.3) is 0 Å². The molecule has 2 unspecified atom stereocenters. The Bertz CT molecular complexity index is 539. The molecular weight excluding hydrogens is 300 g/mol. The molecule has 2 atom stereocenters. The molecule has 3 heteroatoms. The van der Waals surface area contributed by atoms with E-state index in [2.05, 4.69) is 41.5 Å². The van der Waals surface area contributed by atoms with Crippen LogP contribution in [-0.2, 0) is 15.2 Å². The zero-order valence-electron chi connectivity index (χ0n) is 15.9. The molecule has 0 amide bonds. The van der Waals surface area contributed by atoms with Crippen LogP contribution in [0, 0.1) is 23.9 Å². The number of carbonyl (C=O) groups is 1. The molecule has 1 saturated carbocycles. The van der Waals surface area contributed by atoms with Crippen LogP contribution in [0.3, 0.4) is 0 Å². The normalized spacial score (nSPS) is 22.6. The lowest BCUT2D eigenvalue weighted by atomic mass is 9.75. The molecule has 0 N–H and O–H groups in total. The summed E-state index contributed by atoms with van der Waals surface area (Å²) in [6.45, 7) is 13.0. The Morgan fingerprint density at radius 3 is 2.29 bits per heavy atom. The van der Waals surface area contributed by atoms with Crippen molar-refractivity contribution in [3.05, 3.63) is 41.5 Å². The second-order valence-corrected chi connectivity index (χ2v) is 8.48. The first-order chi connectivity index (χ1) is 11.2. The monoisotopic (exact) mass is 331 g/mol. The molecule has 0 aliphatic heterocycles. The van der Waals surface area contributed by atoms with Crippen LogP contribution in [0.1, 0.15) is 76.7 Å². The molecule has 24 heavy (non-hydrogen) atoms. The van der Waals surface area contributed by atoms with Crippen molar-refractivity contribution in [2.75, 3.05) is 0 Å². The van der Waals surface area contributed by atoms with Gasteiger partial charge >= 0.3 is 5.97 Å². The van der Waals surface area contributed by atoms with Crippen LogP contribution >= 0.6 is 0 Å². The van der Waals surface area contributed by atoms with E-state index < -0.39 is 5.97 Å². The summed E-state index contributed by atoms with van der Waals surface area (Å²) in [5, 5.41) is 0. The number of hydrogen-bond acceptors (Lipinski definition) is 3. The fraction of sp³-hybridized carbons (Fsp3) is 0.619. The van der Waals surface area contributed by atoms with Gasteiger partial charge in [-0.15, -0.1) is 0 Å². The van der Waals surface area contributed by atoms with E-state index in [1.165, 1.54) is 12.0 Å². The van der Waals surface area contributed by atoms with Gasteiger partial charge in [-0.3, -0.25) is 4.89 Å². The molecule has 0 spiro atoms.